The van der Waals surface area contributed by atoms with E-state index in [0.29, 0.717) is 16.9 Å². The SMILES string of the molecule is COc1ccc(-c2cc([N+](=O)[O-])ccc2C(=O)O)c(C)c1. The summed E-state index contributed by atoms with van der Waals surface area (Å²) < 4.78 is 5.10. The third-order valence-corrected chi connectivity index (χ3v) is 3.17. The minimum Gasteiger partial charge on any atom is -0.497 e. The van der Waals surface area contributed by atoms with E-state index in [2.05, 4.69) is 0 Å². The van der Waals surface area contributed by atoms with Gasteiger partial charge in [-0.1, -0.05) is 6.07 Å². The quantitative estimate of drug-likeness (QED) is 0.688. The van der Waals surface area contributed by atoms with Crippen LogP contribution in [0.15, 0.2) is 36.4 Å². The van der Waals surface area contributed by atoms with Gasteiger partial charge in [0.25, 0.3) is 5.69 Å². The van der Waals surface area contributed by atoms with Gasteiger partial charge in [0, 0.05) is 17.7 Å². The van der Waals surface area contributed by atoms with Crippen molar-refractivity contribution in [2.45, 2.75) is 6.92 Å². The Kier molecular flexibility index (Phi) is 3.89. The van der Waals surface area contributed by atoms with E-state index >= 15 is 0 Å². The molecule has 6 nitrogen and oxygen atoms in total. The van der Waals surface area contributed by atoms with E-state index in [1.165, 1.54) is 25.3 Å². The summed E-state index contributed by atoms with van der Waals surface area (Å²) in [6.07, 6.45) is 0. The van der Waals surface area contributed by atoms with Gasteiger partial charge in [0.1, 0.15) is 5.75 Å². The monoisotopic (exact) mass is 287 g/mol. The van der Waals surface area contributed by atoms with Crippen molar-refractivity contribution in [3.05, 3.63) is 57.6 Å². The molecule has 21 heavy (non-hydrogen) atoms. The maximum Gasteiger partial charge on any atom is 0.336 e. The van der Waals surface area contributed by atoms with E-state index in [1.54, 1.807) is 25.1 Å². The number of carboxylic acid groups (broad SMARTS) is 1. The van der Waals surface area contributed by atoms with Gasteiger partial charge in [-0.25, -0.2) is 4.79 Å². The van der Waals surface area contributed by atoms with Crippen LogP contribution in [0.4, 0.5) is 5.69 Å². The number of aromatic carboxylic acids is 1. The van der Waals surface area contributed by atoms with Gasteiger partial charge in [-0.15, -0.1) is 0 Å². The zero-order valence-electron chi connectivity index (χ0n) is 11.5. The smallest absolute Gasteiger partial charge is 0.336 e. The van der Waals surface area contributed by atoms with E-state index in [-0.39, 0.29) is 11.3 Å². The average Bonchev–Trinajstić information content (AvgIpc) is 2.46. The molecular formula is C15H13NO5. The molecule has 0 aromatic heterocycles. The van der Waals surface area contributed by atoms with Crippen LogP contribution in [0.3, 0.4) is 0 Å². The number of hydrogen-bond donors (Lipinski definition) is 1. The fourth-order valence-electron chi connectivity index (χ4n) is 2.12. The molecular weight excluding hydrogens is 274 g/mol. The number of nitro benzene ring substituents is 1. The maximum absolute atomic E-state index is 11.3. The van der Waals surface area contributed by atoms with Gasteiger partial charge in [0.2, 0.25) is 0 Å². The maximum atomic E-state index is 11.3. The molecule has 0 aliphatic rings. The second kappa shape index (κ2) is 5.62. The van der Waals surface area contributed by atoms with Gasteiger partial charge in [-0.3, -0.25) is 10.1 Å². The molecule has 0 radical (unpaired) electrons. The number of carbonyl (C=O) groups is 1. The average molecular weight is 287 g/mol. The third kappa shape index (κ3) is 2.84. The van der Waals surface area contributed by atoms with E-state index in [9.17, 15) is 20.0 Å². The molecule has 2 rings (SSSR count). The van der Waals surface area contributed by atoms with Crippen molar-refractivity contribution < 1.29 is 19.6 Å². The minimum absolute atomic E-state index is 0.0221. The van der Waals surface area contributed by atoms with Crippen molar-refractivity contribution in [3.8, 4) is 16.9 Å². The van der Waals surface area contributed by atoms with Crippen LogP contribution in [0.2, 0.25) is 0 Å². The van der Waals surface area contributed by atoms with E-state index in [1.807, 2.05) is 0 Å². The summed E-state index contributed by atoms with van der Waals surface area (Å²) in [5.41, 5.74) is 1.59. The normalized spacial score (nSPS) is 10.2. The second-order valence-electron chi connectivity index (χ2n) is 4.47. The number of carboxylic acids is 1. The summed E-state index contributed by atoms with van der Waals surface area (Å²) >= 11 is 0. The molecule has 0 spiro atoms. The van der Waals surface area contributed by atoms with Crippen molar-refractivity contribution >= 4 is 11.7 Å². The van der Waals surface area contributed by atoms with Gasteiger partial charge in [-0.2, -0.15) is 0 Å². The van der Waals surface area contributed by atoms with Gasteiger partial charge in [-0.05, 0) is 36.2 Å². The molecule has 2 aromatic carbocycles. The highest BCUT2D eigenvalue weighted by molar-refractivity contribution is 5.97. The van der Waals surface area contributed by atoms with Gasteiger partial charge < -0.3 is 9.84 Å². The number of ether oxygens (including phenoxy) is 1. The number of nitrogens with zero attached hydrogens (tertiary/aromatic N) is 1. The molecule has 0 aliphatic heterocycles. The Morgan fingerprint density at radius 3 is 2.43 bits per heavy atom. The van der Waals surface area contributed by atoms with Crippen molar-refractivity contribution in [1.29, 1.82) is 0 Å². The highest BCUT2D eigenvalue weighted by Crippen LogP contribution is 2.32. The van der Waals surface area contributed by atoms with E-state index in [0.717, 1.165) is 5.56 Å². The van der Waals surface area contributed by atoms with Crippen LogP contribution in [-0.4, -0.2) is 23.1 Å². The number of hydrogen-bond acceptors (Lipinski definition) is 4. The molecule has 1 N–H and O–H groups in total. The molecule has 0 saturated heterocycles. The molecule has 0 unspecified atom stereocenters. The molecule has 6 heteroatoms. The highest BCUT2D eigenvalue weighted by atomic mass is 16.6. The van der Waals surface area contributed by atoms with E-state index < -0.39 is 10.9 Å². The third-order valence-electron chi connectivity index (χ3n) is 3.17. The first-order valence-corrected chi connectivity index (χ1v) is 6.10. The largest absolute Gasteiger partial charge is 0.497 e. The molecule has 0 bridgehead atoms. The molecule has 0 atom stereocenters. The van der Waals surface area contributed by atoms with Crippen LogP contribution in [0.1, 0.15) is 15.9 Å². The van der Waals surface area contributed by atoms with Crippen LogP contribution in [0.25, 0.3) is 11.1 Å². The summed E-state index contributed by atoms with van der Waals surface area (Å²) in [7, 11) is 1.53. The summed E-state index contributed by atoms with van der Waals surface area (Å²) in [6, 6.07) is 8.84. The molecule has 2 aromatic rings. The Morgan fingerprint density at radius 2 is 1.90 bits per heavy atom. The lowest BCUT2D eigenvalue weighted by Crippen LogP contribution is -2.01. The molecule has 0 heterocycles. The van der Waals surface area contributed by atoms with E-state index in [4.69, 9.17) is 4.74 Å². The Bertz CT molecular complexity index is 724. The molecule has 0 saturated carbocycles. The van der Waals surface area contributed by atoms with Gasteiger partial charge >= 0.3 is 5.97 Å². The summed E-state index contributed by atoms with van der Waals surface area (Å²) in [4.78, 5) is 21.7. The lowest BCUT2D eigenvalue weighted by atomic mass is 9.95. The topological polar surface area (TPSA) is 89.7 Å². The number of non-ortho nitro benzene ring substituents is 1. The summed E-state index contributed by atoms with van der Waals surface area (Å²) in [5.74, 6) is -0.492. The fraction of sp³-hybridized carbons (Fsp3) is 0.133. The predicted octanol–water partition coefficient (Wildman–Crippen LogP) is 3.28. The van der Waals surface area contributed by atoms with Gasteiger partial charge in [0.05, 0.1) is 17.6 Å². The van der Waals surface area contributed by atoms with Crippen molar-refractivity contribution in [1.82, 2.24) is 0 Å². The number of aryl methyl sites for hydroxylation is 1. The van der Waals surface area contributed by atoms with Crippen molar-refractivity contribution in [2.24, 2.45) is 0 Å². The first kappa shape index (κ1) is 14.5. The van der Waals surface area contributed by atoms with Crippen LogP contribution in [0.5, 0.6) is 5.75 Å². The predicted molar refractivity (Wildman–Crippen MR) is 76.8 cm³/mol. The first-order valence-electron chi connectivity index (χ1n) is 6.10. The standard InChI is InChI=1S/C15H13NO5/c1-9-7-11(21-2)4-6-12(9)14-8-10(16(19)20)3-5-13(14)15(17)18/h3-8H,1-2H3,(H,17,18). The second-order valence-corrected chi connectivity index (χ2v) is 4.47. The van der Waals surface area contributed by atoms with Crippen LogP contribution >= 0.6 is 0 Å². The first-order chi connectivity index (χ1) is 9.93. The fourth-order valence-corrected chi connectivity index (χ4v) is 2.12. The number of nitro groups is 1. The zero-order valence-corrected chi connectivity index (χ0v) is 11.5. The Labute approximate surface area is 120 Å². The molecule has 0 fully saturated rings. The molecule has 108 valence electrons. The Balaban J connectivity index is 2.68. The Morgan fingerprint density at radius 1 is 1.19 bits per heavy atom. The van der Waals surface area contributed by atoms with Crippen LogP contribution in [0, 0.1) is 17.0 Å². The van der Waals surface area contributed by atoms with Crippen LogP contribution < -0.4 is 4.74 Å². The highest BCUT2D eigenvalue weighted by Gasteiger charge is 2.18. The molecule has 0 amide bonds. The zero-order chi connectivity index (χ0) is 15.6. The van der Waals surface area contributed by atoms with Crippen LogP contribution in [-0.2, 0) is 0 Å². The summed E-state index contributed by atoms with van der Waals surface area (Å²) in [5, 5.41) is 20.1. The van der Waals surface area contributed by atoms with Crippen molar-refractivity contribution in [3.63, 3.8) is 0 Å². The lowest BCUT2D eigenvalue weighted by Gasteiger charge is -2.11. The molecule has 0 aliphatic carbocycles. The number of benzene rings is 2. The van der Waals surface area contributed by atoms with Crippen molar-refractivity contribution in [2.75, 3.05) is 7.11 Å². The van der Waals surface area contributed by atoms with Gasteiger partial charge in [0.15, 0.2) is 0 Å². The summed E-state index contributed by atoms with van der Waals surface area (Å²) in [6.45, 7) is 1.79. The minimum atomic E-state index is -1.13. The number of methoxy groups -OCH3 is 1. The Hall–Kier alpha value is -2.89. The lowest BCUT2D eigenvalue weighted by molar-refractivity contribution is -0.384. The number of rotatable bonds is 4.